The molecule has 2 aromatic carbocycles. The lowest BCUT2D eigenvalue weighted by Crippen LogP contribution is -2.47. The lowest BCUT2D eigenvalue weighted by molar-refractivity contribution is -0.133. The Hall–Kier alpha value is -3.12. The van der Waals surface area contributed by atoms with Gasteiger partial charge in [-0.05, 0) is 43.7 Å². The minimum Gasteiger partial charge on any atom is -0.484 e. The fraction of sp³-hybridized carbons (Fsp3) is 0.333. The van der Waals surface area contributed by atoms with Crippen molar-refractivity contribution in [2.45, 2.75) is 19.3 Å². The van der Waals surface area contributed by atoms with E-state index in [2.05, 4.69) is 19.2 Å². The molecule has 0 radical (unpaired) electrons. The maximum atomic E-state index is 13.3. The molecule has 0 unspecified atom stereocenters. The molecule has 3 aromatic rings. The summed E-state index contributed by atoms with van der Waals surface area (Å²) in [5.74, 6) is 1.20. The summed E-state index contributed by atoms with van der Waals surface area (Å²) in [6.45, 7) is 7.10. The normalized spacial score (nSPS) is 17.5. The van der Waals surface area contributed by atoms with Crippen molar-refractivity contribution in [1.82, 2.24) is 10.2 Å². The Bertz CT molecular complexity index is 1160. The minimum atomic E-state index is -0.500. The molecule has 2 aliphatic rings. The maximum absolute atomic E-state index is 13.3. The number of ketones is 1. The Morgan fingerprint density at radius 1 is 1.17 bits per heavy atom. The first-order valence-corrected chi connectivity index (χ1v) is 10.3. The van der Waals surface area contributed by atoms with E-state index in [0.29, 0.717) is 35.7 Å². The van der Waals surface area contributed by atoms with Crippen LogP contribution in [0.1, 0.15) is 41.1 Å². The van der Waals surface area contributed by atoms with Crippen LogP contribution in [0.5, 0.6) is 5.75 Å². The fourth-order valence-electron chi connectivity index (χ4n) is 4.45. The molecule has 1 N–H and O–H groups in total. The van der Waals surface area contributed by atoms with Crippen LogP contribution in [0.25, 0.3) is 11.0 Å². The number of hydrogen-bond donors (Lipinski definition) is 1. The van der Waals surface area contributed by atoms with Crippen LogP contribution in [0, 0.1) is 0 Å². The van der Waals surface area contributed by atoms with Gasteiger partial charge in [0.2, 0.25) is 0 Å². The van der Waals surface area contributed by atoms with Crippen molar-refractivity contribution in [2.75, 3.05) is 32.8 Å². The van der Waals surface area contributed by atoms with Gasteiger partial charge in [-0.3, -0.25) is 9.59 Å². The Morgan fingerprint density at radius 3 is 2.73 bits per heavy atom. The number of fused-ring (bicyclic) bond motifs is 4. The molecule has 5 rings (SSSR count). The van der Waals surface area contributed by atoms with Crippen LogP contribution < -0.4 is 10.1 Å². The standard InChI is InChI=1S/C24H24N2O4/c1-24(2)18-13-15(29-14-20(27)26-11-9-25-10-12-26)7-8-16(18)22(28)21-17-5-3-4-6-19(17)30-23(21)24/h3-8,13,25H,9-12,14H2,1-2H3. The van der Waals surface area contributed by atoms with Crippen LogP contribution in [-0.4, -0.2) is 49.4 Å². The first kappa shape index (κ1) is 18.9. The number of para-hydroxylation sites is 1. The van der Waals surface area contributed by atoms with Crippen LogP contribution in [0.15, 0.2) is 46.9 Å². The molecule has 1 aliphatic heterocycles. The molecule has 154 valence electrons. The molecular weight excluding hydrogens is 380 g/mol. The molecule has 0 spiro atoms. The number of carbonyl (C=O) groups is 2. The molecule has 1 amide bonds. The van der Waals surface area contributed by atoms with Crippen LogP contribution in [0.4, 0.5) is 0 Å². The van der Waals surface area contributed by atoms with Crippen molar-refractivity contribution in [2.24, 2.45) is 0 Å². The number of piperazine rings is 1. The second-order valence-electron chi connectivity index (χ2n) is 8.38. The predicted molar refractivity (Wildman–Crippen MR) is 113 cm³/mol. The lowest BCUT2D eigenvalue weighted by atomic mass is 9.72. The topological polar surface area (TPSA) is 71.8 Å². The van der Waals surface area contributed by atoms with Crippen LogP contribution in [0.2, 0.25) is 0 Å². The summed E-state index contributed by atoms with van der Waals surface area (Å²) in [7, 11) is 0. The monoisotopic (exact) mass is 404 g/mol. The molecule has 1 aliphatic carbocycles. The third-order valence-corrected chi connectivity index (χ3v) is 6.13. The summed E-state index contributed by atoms with van der Waals surface area (Å²) >= 11 is 0. The summed E-state index contributed by atoms with van der Waals surface area (Å²) in [5, 5.41) is 4.08. The highest BCUT2D eigenvalue weighted by molar-refractivity contribution is 6.19. The van der Waals surface area contributed by atoms with E-state index in [0.717, 1.165) is 29.6 Å². The first-order chi connectivity index (χ1) is 14.5. The van der Waals surface area contributed by atoms with E-state index in [1.807, 2.05) is 35.2 Å². The molecule has 0 atom stereocenters. The molecule has 6 heteroatoms. The van der Waals surface area contributed by atoms with Crippen molar-refractivity contribution >= 4 is 22.7 Å². The van der Waals surface area contributed by atoms with E-state index in [1.54, 1.807) is 12.1 Å². The van der Waals surface area contributed by atoms with Crippen LogP contribution in [-0.2, 0) is 10.2 Å². The number of hydrogen-bond acceptors (Lipinski definition) is 5. The summed E-state index contributed by atoms with van der Waals surface area (Å²) < 4.78 is 11.9. The van der Waals surface area contributed by atoms with Gasteiger partial charge in [0.1, 0.15) is 17.1 Å². The zero-order chi connectivity index (χ0) is 20.9. The number of carbonyl (C=O) groups excluding carboxylic acids is 2. The van der Waals surface area contributed by atoms with Gasteiger partial charge in [-0.1, -0.05) is 18.2 Å². The third-order valence-electron chi connectivity index (χ3n) is 6.13. The second kappa shape index (κ2) is 6.99. The third kappa shape index (κ3) is 2.91. The largest absolute Gasteiger partial charge is 0.484 e. The SMILES string of the molecule is CC1(C)c2cc(OCC(=O)N3CCNCC3)ccc2C(=O)c2c1oc1ccccc21. The number of amides is 1. The van der Waals surface area contributed by atoms with Gasteiger partial charge in [0, 0.05) is 42.5 Å². The second-order valence-corrected chi connectivity index (χ2v) is 8.38. The van der Waals surface area contributed by atoms with E-state index in [4.69, 9.17) is 9.15 Å². The summed E-state index contributed by atoms with van der Waals surface area (Å²) in [6.07, 6.45) is 0. The Morgan fingerprint density at radius 2 is 1.93 bits per heavy atom. The first-order valence-electron chi connectivity index (χ1n) is 10.3. The quantitative estimate of drug-likeness (QED) is 0.726. The Kier molecular flexibility index (Phi) is 4.40. The Labute approximate surface area is 174 Å². The zero-order valence-electron chi connectivity index (χ0n) is 17.2. The smallest absolute Gasteiger partial charge is 0.260 e. The molecule has 0 saturated carbocycles. The molecule has 30 heavy (non-hydrogen) atoms. The molecule has 0 bridgehead atoms. The number of rotatable bonds is 3. The van der Waals surface area contributed by atoms with Gasteiger partial charge in [-0.25, -0.2) is 0 Å². The number of nitrogens with one attached hydrogen (secondary N) is 1. The highest BCUT2D eigenvalue weighted by Crippen LogP contribution is 2.46. The molecular formula is C24H24N2O4. The predicted octanol–water partition coefficient (Wildman–Crippen LogP) is 3.11. The lowest BCUT2D eigenvalue weighted by Gasteiger charge is -2.31. The summed E-state index contributed by atoms with van der Waals surface area (Å²) in [5.41, 5.74) is 2.37. The average molecular weight is 404 g/mol. The van der Waals surface area contributed by atoms with E-state index < -0.39 is 5.41 Å². The maximum Gasteiger partial charge on any atom is 0.260 e. The van der Waals surface area contributed by atoms with Gasteiger partial charge in [-0.15, -0.1) is 0 Å². The number of benzene rings is 2. The van der Waals surface area contributed by atoms with E-state index >= 15 is 0 Å². The van der Waals surface area contributed by atoms with Gasteiger partial charge in [0.25, 0.3) is 5.91 Å². The highest BCUT2D eigenvalue weighted by Gasteiger charge is 2.41. The minimum absolute atomic E-state index is 0.0109. The van der Waals surface area contributed by atoms with Crippen molar-refractivity contribution < 1.29 is 18.7 Å². The molecule has 1 fully saturated rings. The van der Waals surface area contributed by atoms with E-state index in [9.17, 15) is 9.59 Å². The van der Waals surface area contributed by atoms with Crippen molar-refractivity contribution in [3.05, 3.63) is 64.9 Å². The van der Waals surface area contributed by atoms with Crippen molar-refractivity contribution in [3.63, 3.8) is 0 Å². The van der Waals surface area contributed by atoms with Crippen LogP contribution in [0.3, 0.4) is 0 Å². The fourth-order valence-corrected chi connectivity index (χ4v) is 4.45. The van der Waals surface area contributed by atoms with Gasteiger partial charge >= 0.3 is 0 Å². The average Bonchev–Trinajstić information content (AvgIpc) is 3.17. The van der Waals surface area contributed by atoms with E-state index in [-0.39, 0.29) is 18.3 Å². The van der Waals surface area contributed by atoms with Crippen LogP contribution >= 0.6 is 0 Å². The zero-order valence-corrected chi connectivity index (χ0v) is 17.2. The van der Waals surface area contributed by atoms with Gasteiger partial charge in [0.05, 0.1) is 5.56 Å². The van der Waals surface area contributed by atoms with Crippen molar-refractivity contribution in [3.8, 4) is 5.75 Å². The molecule has 2 heterocycles. The highest BCUT2D eigenvalue weighted by atomic mass is 16.5. The number of nitrogens with zero attached hydrogens (tertiary/aromatic N) is 1. The number of furan rings is 1. The van der Waals surface area contributed by atoms with Gasteiger partial charge < -0.3 is 19.4 Å². The molecule has 6 nitrogen and oxygen atoms in total. The van der Waals surface area contributed by atoms with Gasteiger partial charge in [0.15, 0.2) is 12.4 Å². The van der Waals surface area contributed by atoms with Crippen molar-refractivity contribution in [1.29, 1.82) is 0 Å². The summed E-state index contributed by atoms with van der Waals surface area (Å²) in [4.78, 5) is 27.5. The van der Waals surface area contributed by atoms with Gasteiger partial charge in [-0.2, -0.15) is 0 Å². The van der Waals surface area contributed by atoms with E-state index in [1.165, 1.54) is 0 Å². The summed E-state index contributed by atoms with van der Waals surface area (Å²) in [6, 6.07) is 13.1. The Balaban J connectivity index is 1.45. The molecule has 1 saturated heterocycles. The number of ether oxygens (including phenoxy) is 1. The molecule has 1 aromatic heterocycles.